The average molecular weight is 491 g/mol. The number of benzene rings is 2. The number of aromatic nitrogens is 2. The summed E-state index contributed by atoms with van der Waals surface area (Å²) in [5.41, 5.74) is 2.59. The smallest absolute Gasteiger partial charge is 0.243 e. The molecule has 0 saturated carbocycles. The highest BCUT2D eigenvalue weighted by atomic mass is 32.2. The van der Waals surface area contributed by atoms with Crippen LogP contribution in [-0.2, 0) is 21.2 Å². The Bertz CT molecular complexity index is 1200. The second kappa shape index (κ2) is 11.3. The third-order valence-corrected chi connectivity index (χ3v) is 7.33. The van der Waals surface area contributed by atoms with Gasteiger partial charge in [-0.05, 0) is 73.9 Å². The molecule has 0 unspecified atom stereocenters. The zero-order valence-corrected chi connectivity index (χ0v) is 20.0. The first-order valence-corrected chi connectivity index (χ1v) is 12.4. The van der Waals surface area contributed by atoms with Gasteiger partial charge in [-0.1, -0.05) is 6.42 Å². The largest absolute Gasteiger partial charge is 0.345 e. The summed E-state index contributed by atoms with van der Waals surface area (Å²) in [4.78, 5) is 13.9. The predicted octanol–water partition coefficient (Wildman–Crippen LogP) is 3.85. The molecule has 0 atom stereocenters. The molecule has 0 aliphatic heterocycles. The van der Waals surface area contributed by atoms with Gasteiger partial charge in [-0.3, -0.25) is 9.89 Å². The quantitative estimate of drug-likeness (QED) is 0.414. The predicted molar refractivity (Wildman–Crippen MR) is 125 cm³/mol. The number of nitrogens with zero attached hydrogens (tertiary/aromatic N) is 3. The Kier molecular flexibility index (Phi) is 8.51. The number of aromatic amines is 1. The van der Waals surface area contributed by atoms with Crippen molar-refractivity contribution in [2.24, 2.45) is 0 Å². The van der Waals surface area contributed by atoms with Gasteiger partial charge in [0, 0.05) is 31.9 Å². The summed E-state index contributed by atoms with van der Waals surface area (Å²) in [6.07, 6.45) is 3.35. The van der Waals surface area contributed by atoms with Gasteiger partial charge in [0.05, 0.1) is 17.1 Å². The molecule has 0 fully saturated rings. The number of hydrogen-bond acceptors (Lipinski definition) is 4. The van der Waals surface area contributed by atoms with Gasteiger partial charge in [0.1, 0.15) is 11.6 Å². The Balaban J connectivity index is 1.39. The van der Waals surface area contributed by atoms with Gasteiger partial charge in [0.2, 0.25) is 15.9 Å². The van der Waals surface area contributed by atoms with E-state index in [-0.39, 0.29) is 23.2 Å². The van der Waals surface area contributed by atoms with Crippen LogP contribution in [0.15, 0.2) is 59.5 Å². The van der Waals surface area contributed by atoms with Crippen molar-refractivity contribution in [3.8, 4) is 11.3 Å². The number of amides is 1. The number of likely N-dealkylation sites (N-methyl/N-ethyl adjacent to an activating group) is 2. The number of sulfonamides is 1. The van der Waals surface area contributed by atoms with Gasteiger partial charge in [-0.25, -0.2) is 17.2 Å². The highest BCUT2D eigenvalue weighted by Gasteiger charge is 2.24. The van der Waals surface area contributed by atoms with Crippen LogP contribution in [0.4, 0.5) is 8.78 Å². The molecule has 1 heterocycles. The van der Waals surface area contributed by atoms with Crippen molar-refractivity contribution in [3.05, 3.63) is 71.9 Å². The molecule has 1 N–H and O–H groups in total. The number of hydrogen-bond donors (Lipinski definition) is 1. The monoisotopic (exact) mass is 490 g/mol. The molecule has 3 rings (SSSR count). The van der Waals surface area contributed by atoms with E-state index in [4.69, 9.17) is 0 Å². The first-order valence-electron chi connectivity index (χ1n) is 10.9. The molecule has 34 heavy (non-hydrogen) atoms. The maximum Gasteiger partial charge on any atom is 0.243 e. The molecule has 10 heteroatoms. The first kappa shape index (κ1) is 25.5. The summed E-state index contributed by atoms with van der Waals surface area (Å²) >= 11 is 0. The third kappa shape index (κ3) is 6.71. The molecule has 3 aromatic rings. The number of halogens is 2. The van der Waals surface area contributed by atoms with E-state index in [2.05, 4.69) is 10.2 Å². The lowest BCUT2D eigenvalue weighted by molar-refractivity contribution is -0.129. The van der Waals surface area contributed by atoms with Gasteiger partial charge >= 0.3 is 0 Å². The number of H-pyrrole nitrogens is 1. The number of unbranched alkanes of at least 4 members (excludes halogenated alkanes) is 2. The fourth-order valence-electron chi connectivity index (χ4n) is 3.41. The van der Waals surface area contributed by atoms with E-state index >= 15 is 0 Å². The van der Waals surface area contributed by atoms with Crippen LogP contribution in [0.2, 0.25) is 0 Å². The van der Waals surface area contributed by atoms with Crippen molar-refractivity contribution in [2.75, 3.05) is 27.2 Å². The summed E-state index contributed by atoms with van der Waals surface area (Å²) in [6.45, 7) is 0.212. The molecule has 0 radical (unpaired) electrons. The van der Waals surface area contributed by atoms with E-state index in [1.165, 1.54) is 36.2 Å². The van der Waals surface area contributed by atoms with Crippen LogP contribution in [0.25, 0.3) is 11.3 Å². The number of carbonyl (C=O) groups is 1. The molecule has 0 bridgehead atoms. The van der Waals surface area contributed by atoms with Crippen molar-refractivity contribution in [1.29, 1.82) is 0 Å². The lowest BCUT2D eigenvalue weighted by Gasteiger charge is -2.22. The average Bonchev–Trinajstić information content (AvgIpc) is 3.28. The van der Waals surface area contributed by atoms with Gasteiger partial charge in [0.15, 0.2) is 0 Å². The fourth-order valence-corrected chi connectivity index (χ4v) is 4.53. The van der Waals surface area contributed by atoms with Crippen LogP contribution in [0.3, 0.4) is 0 Å². The molecular weight excluding hydrogens is 462 g/mol. The summed E-state index contributed by atoms with van der Waals surface area (Å²) in [6, 6.07) is 12.6. The highest BCUT2D eigenvalue weighted by Crippen LogP contribution is 2.19. The topological polar surface area (TPSA) is 86.4 Å². The molecule has 1 amide bonds. The van der Waals surface area contributed by atoms with Crippen LogP contribution >= 0.6 is 0 Å². The second-order valence-corrected chi connectivity index (χ2v) is 10.2. The number of carbonyl (C=O) groups excluding carboxylic acids is 1. The van der Waals surface area contributed by atoms with Crippen molar-refractivity contribution < 1.29 is 22.0 Å². The highest BCUT2D eigenvalue weighted by molar-refractivity contribution is 7.89. The third-order valence-electron chi connectivity index (χ3n) is 5.52. The summed E-state index contributed by atoms with van der Waals surface area (Å²) in [5.74, 6) is -1.13. The normalized spacial score (nSPS) is 11.7. The van der Waals surface area contributed by atoms with E-state index in [0.29, 0.717) is 6.54 Å². The number of aryl methyl sites for hydroxylation is 1. The molecule has 0 saturated heterocycles. The van der Waals surface area contributed by atoms with Crippen molar-refractivity contribution >= 4 is 15.9 Å². The number of rotatable bonds is 11. The molecule has 0 aliphatic carbocycles. The minimum absolute atomic E-state index is 0.0618. The Morgan fingerprint density at radius 1 is 0.941 bits per heavy atom. The van der Waals surface area contributed by atoms with Crippen LogP contribution in [0, 0.1) is 11.6 Å². The molecule has 0 spiro atoms. The van der Waals surface area contributed by atoms with Gasteiger partial charge in [0.25, 0.3) is 0 Å². The van der Waals surface area contributed by atoms with Gasteiger partial charge < -0.3 is 4.90 Å². The van der Waals surface area contributed by atoms with Crippen LogP contribution in [0.5, 0.6) is 0 Å². The summed E-state index contributed by atoms with van der Waals surface area (Å²) < 4.78 is 52.2. The minimum atomic E-state index is -3.87. The standard InChI is InChI=1S/C24H28F2N4O3S/c1-29(24(31)17-30(2)34(32,33)22-13-11-20(26)12-14-22)15-5-3-4-6-21-16-23(28-27-21)18-7-9-19(25)10-8-18/h7-14,16H,3-6,15,17H2,1-2H3,(H,27,28). The van der Waals surface area contributed by atoms with Gasteiger partial charge in [-0.15, -0.1) is 0 Å². The van der Waals surface area contributed by atoms with Crippen LogP contribution in [0.1, 0.15) is 25.0 Å². The van der Waals surface area contributed by atoms with E-state index in [1.54, 1.807) is 19.2 Å². The molecule has 7 nitrogen and oxygen atoms in total. The van der Waals surface area contributed by atoms with Crippen molar-refractivity contribution in [2.45, 2.75) is 30.6 Å². The lowest BCUT2D eigenvalue weighted by atomic mass is 10.1. The SMILES string of the molecule is CN(CCCCCc1cc(-c2ccc(F)cc2)n[nH]1)C(=O)CN(C)S(=O)(=O)c1ccc(F)cc1. The van der Waals surface area contributed by atoms with Crippen LogP contribution < -0.4 is 0 Å². The lowest BCUT2D eigenvalue weighted by Crippen LogP contribution is -2.39. The zero-order chi connectivity index (χ0) is 24.7. The molecule has 182 valence electrons. The molecular formula is C24H28F2N4O3S. The Morgan fingerprint density at radius 2 is 1.56 bits per heavy atom. The minimum Gasteiger partial charge on any atom is -0.345 e. The number of nitrogens with one attached hydrogen (secondary N) is 1. The zero-order valence-electron chi connectivity index (χ0n) is 19.2. The molecule has 0 aliphatic rings. The maximum absolute atomic E-state index is 13.1. The second-order valence-electron chi connectivity index (χ2n) is 8.13. The van der Waals surface area contributed by atoms with Crippen molar-refractivity contribution in [1.82, 2.24) is 19.4 Å². The first-order chi connectivity index (χ1) is 16.2. The Morgan fingerprint density at radius 3 is 2.21 bits per heavy atom. The molecule has 1 aromatic heterocycles. The van der Waals surface area contributed by atoms with Gasteiger partial charge in [-0.2, -0.15) is 9.40 Å². The fraction of sp³-hybridized carbons (Fsp3) is 0.333. The van der Waals surface area contributed by atoms with E-state index in [9.17, 15) is 22.0 Å². The summed E-state index contributed by atoms with van der Waals surface area (Å²) in [7, 11) is -0.901. The Hall–Kier alpha value is -3.11. The van der Waals surface area contributed by atoms with Crippen LogP contribution in [-0.4, -0.2) is 60.9 Å². The summed E-state index contributed by atoms with van der Waals surface area (Å²) in [5, 5.41) is 7.26. The van der Waals surface area contributed by atoms with E-state index in [0.717, 1.165) is 59.1 Å². The van der Waals surface area contributed by atoms with E-state index < -0.39 is 15.8 Å². The maximum atomic E-state index is 13.1. The van der Waals surface area contributed by atoms with E-state index in [1.807, 2.05) is 6.07 Å². The van der Waals surface area contributed by atoms with Crippen molar-refractivity contribution in [3.63, 3.8) is 0 Å². The Labute approximate surface area is 198 Å². The molecule has 2 aromatic carbocycles.